The number of halogens is 1. The lowest BCUT2D eigenvalue weighted by Gasteiger charge is -2.13. The van der Waals surface area contributed by atoms with E-state index in [1.807, 2.05) is 54.6 Å². The van der Waals surface area contributed by atoms with Gasteiger partial charge in [-0.15, -0.1) is 0 Å². The van der Waals surface area contributed by atoms with Gasteiger partial charge in [-0.3, -0.25) is 9.36 Å². The van der Waals surface area contributed by atoms with E-state index >= 15 is 0 Å². The third-order valence-corrected chi connectivity index (χ3v) is 6.22. The minimum atomic E-state index is -0.166. The van der Waals surface area contributed by atoms with Crippen molar-refractivity contribution in [2.45, 2.75) is 10.9 Å². The Morgan fingerprint density at radius 1 is 1.03 bits per heavy atom. The highest BCUT2D eigenvalue weighted by Crippen LogP contribution is 2.28. The third kappa shape index (κ3) is 4.22. The number of para-hydroxylation sites is 1. The highest BCUT2D eigenvalue weighted by molar-refractivity contribution is 7.98. The van der Waals surface area contributed by atoms with Crippen LogP contribution in [0.1, 0.15) is 5.82 Å². The fourth-order valence-corrected chi connectivity index (χ4v) is 4.44. The zero-order valence-electron chi connectivity index (χ0n) is 17.4. The summed E-state index contributed by atoms with van der Waals surface area (Å²) < 4.78 is 12.3. The largest absolute Gasteiger partial charge is 0.497 e. The molecule has 0 spiro atoms. The van der Waals surface area contributed by atoms with Crippen LogP contribution in [-0.2, 0) is 5.75 Å². The molecule has 0 fully saturated rings. The monoisotopic (exact) mass is 476 g/mol. The lowest BCUT2D eigenvalue weighted by atomic mass is 10.2. The van der Waals surface area contributed by atoms with Crippen molar-refractivity contribution in [3.05, 3.63) is 94.0 Å². The molecule has 0 atom stereocenters. The van der Waals surface area contributed by atoms with Gasteiger partial charge in [-0.2, -0.15) is 4.98 Å². The highest BCUT2D eigenvalue weighted by Gasteiger charge is 2.16. The van der Waals surface area contributed by atoms with Crippen molar-refractivity contribution in [1.82, 2.24) is 19.7 Å². The molecular weight excluding hydrogens is 460 g/mol. The number of methoxy groups -OCH3 is 1. The van der Waals surface area contributed by atoms with E-state index in [9.17, 15) is 4.79 Å². The van der Waals surface area contributed by atoms with Crippen molar-refractivity contribution in [3.63, 3.8) is 0 Å². The van der Waals surface area contributed by atoms with Crippen LogP contribution in [0.5, 0.6) is 5.75 Å². The summed E-state index contributed by atoms with van der Waals surface area (Å²) in [4.78, 5) is 22.6. The molecule has 7 nitrogen and oxygen atoms in total. The number of hydrogen-bond donors (Lipinski definition) is 0. The van der Waals surface area contributed by atoms with Gasteiger partial charge in [0.1, 0.15) is 5.75 Å². The van der Waals surface area contributed by atoms with Crippen molar-refractivity contribution in [1.29, 1.82) is 0 Å². The zero-order valence-corrected chi connectivity index (χ0v) is 19.0. The third-order valence-electron chi connectivity index (χ3n) is 4.96. The highest BCUT2D eigenvalue weighted by atomic mass is 35.5. The van der Waals surface area contributed by atoms with E-state index < -0.39 is 0 Å². The van der Waals surface area contributed by atoms with Gasteiger partial charge in [-0.25, -0.2) is 4.98 Å². The van der Waals surface area contributed by atoms with E-state index in [-0.39, 0.29) is 5.56 Å². The predicted octanol–water partition coefficient (Wildman–Crippen LogP) is 5.39. The fraction of sp³-hybridized carbons (Fsp3) is 0.0833. The normalized spacial score (nSPS) is 11.1. The molecule has 0 saturated heterocycles. The molecular formula is C24H17ClN4O3S. The van der Waals surface area contributed by atoms with Gasteiger partial charge in [0.2, 0.25) is 0 Å². The van der Waals surface area contributed by atoms with Crippen molar-refractivity contribution in [3.8, 4) is 22.9 Å². The molecule has 0 N–H and O–H groups in total. The molecule has 0 aliphatic carbocycles. The van der Waals surface area contributed by atoms with Crippen LogP contribution in [0.3, 0.4) is 0 Å². The maximum Gasteiger partial charge on any atom is 0.266 e. The van der Waals surface area contributed by atoms with Gasteiger partial charge in [0.05, 0.1) is 40.0 Å². The van der Waals surface area contributed by atoms with Crippen LogP contribution in [0.15, 0.2) is 87.3 Å². The molecule has 0 radical (unpaired) electrons. The number of ether oxygens (including phenoxy) is 1. The van der Waals surface area contributed by atoms with E-state index in [1.54, 1.807) is 29.9 Å². The van der Waals surface area contributed by atoms with Crippen LogP contribution in [-0.4, -0.2) is 26.8 Å². The Hall–Kier alpha value is -3.62. The summed E-state index contributed by atoms with van der Waals surface area (Å²) in [5, 5.41) is 5.64. The maximum atomic E-state index is 13.4. The second-order valence-corrected chi connectivity index (χ2v) is 8.39. The van der Waals surface area contributed by atoms with Gasteiger partial charge in [-0.05, 0) is 36.4 Å². The standard InChI is InChI=1S/C24H17ClN4O3S/c1-31-16-8-6-7-15(13-16)29-23(30)18-10-3-5-12-20(18)26-24(29)33-14-21-27-22(32-28-21)17-9-2-4-11-19(17)25/h2-13H,14H2,1H3. The Morgan fingerprint density at radius 2 is 1.85 bits per heavy atom. The minimum absolute atomic E-state index is 0.166. The number of aromatic nitrogens is 4. The van der Waals surface area contributed by atoms with Crippen molar-refractivity contribution >= 4 is 34.3 Å². The topological polar surface area (TPSA) is 83.0 Å². The summed E-state index contributed by atoms with van der Waals surface area (Å²) in [7, 11) is 1.59. The molecule has 33 heavy (non-hydrogen) atoms. The van der Waals surface area contributed by atoms with Crippen LogP contribution >= 0.6 is 23.4 Å². The summed E-state index contributed by atoms with van der Waals surface area (Å²) in [5.41, 5.74) is 1.78. The van der Waals surface area contributed by atoms with Crippen LogP contribution in [0.2, 0.25) is 5.02 Å². The number of hydrogen-bond acceptors (Lipinski definition) is 7. The summed E-state index contributed by atoms with van der Waals surface area (Å²) in [5.74, 6) is 1.80. The summed E-state index contributed by atoms with van der Waals surface area (Å²) in [6.07, 6.45) is 0. The SMILES string of the molecule is COc1cccc(-n2c(SCc3noc(-c4ccccc4Cl)n3)nc3ccccc3c2=O)c1. The molecule has 0 unspecified atom stereocenters. The maximum absolute atomic E-state index is 13.4. The lowest BCUT2D eigenvalue weighted by Crippen LogP contribution is -2.21. The molecule has 2 heterocycles. The van der Waals surface area contributed by atoms with E-state index in [4.69, 9.17) is 25.8 Å². The number of nitrogens with zero attached hydrogens (tertiary/aromatic N) is 4. The van der Waals surface area contributed by atoms with Crippen molar-refractivity contribution in [2.75, 3.05) is 7.11 Å². The molecule has 0 bridgehead atoms. The van der Waals surface area contributed by atoms with Crippen molar-refractivity contribution in [2.24, 2.45) is 0 Å². The van der Waals surface area contributed by atoms with Gasteiger partial charge < -0.3 is 9.26 Å². The Labute approximate surface area is 198 Å². The Balaban J connectivity index is 1.53. The van der Waals surface area contributed by atoms with E-state index in [0.717, 1.165) is 0 Å². The molecule has 5 aromatic rings. The second kappa shape index (κ2) is 9.09. The fourth-order valence-electron chi connectivity index (χ4n) is 3.37. The molecule has 0 amide bonds. The first kappa shape index (κ1) is 21.2. The smallest absolute Gasteiger partial charge is 0.266 e. The first-order valence-corrected chi connectivity index (χ1v) is 11.4. The van der Waals surface area contributed by atoms with E-state index in [1.165, 1.54) is 11.8 Å². The van der Waals surface area contributed by atoms with Gasteiger partial charge >= 0.3 is 0 Å². The lowest BCUT2D eigenvalue weighted by molar-refractivity contribution is 0.414. The average Bonchev–Trinajstić information content (AvgIpc) is 3.32. The average molecular weight is 477 g/mol. The molecule has 5 rings (SSSR count). The number of fused-ring (bicyclic) bond motifs is 1. The summed E-state index contributed by atoms with van der Waals surface area (Å²) in [6.45, 7) is 0. The van der Waals surface area contributed by atoms with Crippen LogP contribution in [0, 0.1) is 0 Å². The molecule has 9 heteroatoms. The Bertz CT molecular complexity index is 1520. The van der Waals surface area contributed by atoms with Gasteiger partial charge in [0.25, 0.3) is 11.4 Å². The zero-order chi connectivity index (χ0) is 22.8. The molecule has 164 valence electrons. The number of rotatable bonds is 6. The van der Waals surface area contributed by atoms with Gasteiger partial charge in [0, 0.05) is 6.07 Å². The Kier molecular flexibility index (Phi) is 5.85. The molecule has 2 aromatic heterocycles. The minimum Gasteiger partial charge on any atom is -0.497 e. The summed E-state index contributed by atoms with van der Waals surface area (Å²) >= 11 is 7.58. The van der Waals surface area contributed by atoms with Crippen LogP contribution in [0.4, 0.5) is 0 Å². The molecule has 0 aliphatic rings. The van der Waals surface area contributed by atoms with E-state index in [0.29, 0.717) is 55.6 Å². The molecule has 0 saturated carbocycles. The predicted molar refractivity (Wildman–Crippen MR) is 128 cm³/mol. The second-order valence-electron chi connectivity index (χ2n) is 7.04. The van der Waals surface area contributed by atoms with Crippen LogP contribution < -0.4 is 10.3 Å². The number of benzene rings is 3. The van der Waals surface area contributed by atoms with Gasteiger partial charge in [0.15, 0.2) is 11.0 Å². The number of thioether (sulfide) groups is 1. The summed E-state index contributed by atoms with van der Waals surface area (Å²) in [6, 6.07) is 21.8. The molecule has 0 aliphatic heterocycles. The van der Waals surface area contributed by atoms with Crippen molar-refractivity contribution < 1.29 is 9.26 Å². The van der Waals surface area contributed by atoms with E-state index in [2.05, 4.69) is 10.1 Å². The van der Waals surface area contributed by atoms with Crippen LogP contribution in [0.25, 0.3) is 28.0 Å². The Morgan fingerprint density at radius 3 is 2.70 bits per heavy atom. The molecule has 3 aromatic carbocycles. The van der Waals surface area contributed by atoms with Gasteiger partial charge in [-0.1, -0.05) is 58.9 Å². The first-order valence-electron chi connectivity index (χ1n) is 10.0. The quantitative estimate of drug-likeness (QED) is 0.240. The first-order chi connectivity index (χ1) is 16.1.